The van der Waals surface area contributed by atoms with Gasteiger partial charge in [-0.1, -0.05) is 0 Å². The van der Waals surface area contributed by atoms with Crippen molar-refractivity contribution in [3.8, 4) is 0 Å². The average molecular weight is 265 g/mol. The Morgan fingerprint density at radius 1 is 1.42 bits per heavy atom. The molecule has 0 radical (unpaired) electrons. The SMILES string of the molecule is Cc1cc(NN)nc(CN(C)CC2CCOCC2)n1. The van der Waals surface area contributed by atoms with Crippen LogP contribution in [0.1, 0.15) is 24.4 Å². The third-order valence-corrected chi connectivity index (χ3v) is 3.37. The van der Waals surface area contributed by atoms with Crippen LogP contribution in [0, 0.1) is 12.8 Å². The van der Waals surface area contributed by atoms with Crippen molar-refractivity contribution in [1.82, 2.24) is 14.9 Å². The van der Waals surface area contributed by atoms with Crippen molar-refractivity contribution >= 4 is 5.82 Å². The lowest BCUT2D eigenvalue weighted by atomic mass is 10.00. The van der Waals surface area contributed by atoms with E-state index in [1.54, 1.807) is 0 Å². The second kappa shape index (κ2) is 6.79. The Morgan fingerprint density at radius 2 is 2.16 bits per heavy atom. The first-order valence-corrected chi connectivity index (χ1v) is 6.75. The normalized spacial score (nSPS) is 16.8. The number of aryl methyl sites for hydroxylation is 1. The number of anilines is 1. The third kappa shape index (κ3) is 4.41. The van der Waals surface area contributed by atoms with E-state index < -0.39 is 0 Å². The van der Waals surface area contributed by atoms with Crippen LogP contribution in [0.5, 0.6) is 0 Å². The van der Waals surface area contributed by atoms with Crippen molar-refractivity contribution in [3.63, 3.8) is 0 Å². The maximum Gasteiger partial charge on any atom is 0.144 e. The Bertz CT molecular complexity index is 406. The fraction of sp³-hybridized carbons (Fsp3) is 0.692. The van der Waals surface area contributed by atoms with Crippen molar-refractivity contribution in [1.29, 1.82) is 0 Å². The van der Waals surface area contributed by atoms with Gasteiger partial charge in [-0.3, -0.25) is 4.90 Å². The Hall–Kier alpha value is -1.24. The van der Waals surface area contributed by atoms with E-state index in [1.807, 2.05) is 13.0 Å². The van der Waals surface area contributed by atoms with Gasteiger partial charge in [-0.2, -0.15) is 0 Å². The second-order valence-corrected chi connectivity index (χ2v) is 5.21. The molecule has 0 aromatic carbocycles. The third-order valence-electron chi connectivity index (χ3n) is 3.37. The maximum absolute atomic E-state index is 5.40. The van der Waals surface area contributed by atoms with Crippen LogP contribution in [0.25, 0.3) is 0 Å². The number of hydrogen-bond acceptors (Lipinski definition) is 6. The van der Waals surface area contributed by atoms with Crippen molar-refractivity contribution in [2.24, 2.45) is 11.8 Å². The van der Waals surface area contributed by atoms with Gasteiger partial charge in [-0.25, -0.2) is 15.8 Å². The van der Waals surface area contributed by atoms with Gasteiger partial charge in [0, 0.05) is 31.5 Å². The summed E-state index contributed by atoms with van der Waals surface area (Å²) in [5, 5.41) is 0. The minimum Gasteiger partial charge on any atom is -0.381 e. The van der Waals surface area contributed by atoms with Gasteiger partial charge >= 0.3 is 0 Å². The first-order chi connectivity index (χ1) is 9.17. The van der Waals surface area contributed by atoms with E-state index in [2.05, 4.69) is 27.3 Å². The van der Waals surface area contributed by atoms with Gasteiger partial charge in [0.1, 0.15) is 11.6 Å². The highest BCUT2D eigenvalue weighted by Gasteiger charge is 2.16. The Balaban J connectivity index is 1.90. The van der Waals surface area contributed by atoms with Crippen LogP contribution in [0.2, 0.25) is 0 Å². The number of nitrogens with zero attached hydrogens (tertiary/aromatic N) is 3. The molecule has 0 atom stereocenters. The Labute approximate surface area is 114 Å². The van der Waals surface area contributed by atoms with Crippen molar-refractivity contribution in [2.45, 2.75) is 26.3 Å². The van der Waals surface area contributed by atoms with Gasteiger partial charge in [0.25, 0.3) is 0 Å². The smallest absolute Gasteiger partial charge is 0.144 e. The van der Waals surface area contributed by atoms with E-state index in [0.29, 0.717) is 5.82 Å². The molecule has 1 aromatic heterocycles. The summed E-state index contributed by atoms with van der Waals surface area (Å²) < 4.78 is 5.38. The summed E-state index contributed by atoms with van der Waals surface area (Å²) in [5.74, 6) is 7.59. The van der Waals surface area contributed by atoms with Crippen LogP contribution >= 0.6 is 0 Å². The van der Waals surface area contributed by atoms with Crippen LogP contribution in [0.3, 0.4) is 0 Å². The molecule has 0 unspecified atom stereocenters. The summed E-state index contributed by atoms with van der Waals surface area (Å²) in [5.41, 5.74) is 3.50. The summed E-state index contributed by atoms with van der Waals surface area (Å²) in [6.45, 7) is 5.53. The number of aromatic nitrogens is 2. The number of rotatable bonds is 5. The molecule has 0 spiro atoms. The number of ether oxygens (including phenoxy) is 1. The Morgan fingerprint density at radius 3 is 2.84 bits per heavy atom. The van der Waals surface area contributed by atoms with Gasteiger partial charge in [0.2, 0.25) is 0 Å². The number of hydrazine groups is 1. The monoisotopic (exact) mass is 265 g/mol. The number of nitrogens with two attached hydrogens (primary N) is 1. The van der Waals surface area contributed by atoms with E-state index >= 15 is 0 Å². The minimum atomic E-state index is 0.668. The maximum atomic E-state index is 5.40. The lowest BCUT2D eigenvalue weighted by Crippen LogP contribution is -2.30. The van der Waals surface area contributed by atoms with Gasteiger partial charge in [-0.05, 0) is 32.7 Å². The lowest BCUT2D eigenvalue weighted by Gasteiger charge is -2.26. The molecule has 2 heterocycles. The Kier molecular flexibility index (Phi) is 5.07. The summed E-state index contributed by atoms with van der Waals surface area (Å²) in [6, 6.07) is 1.84. The van der Waals surface area contributed by atoms with Crippen molar-refractivity contribution in [3.05, 3.63) is 17.6 Å². The standard InChI is InChI=1S/C13H23N5O/c1-10-7-12(17-14)16-13(15-10)9-18(2)8-11-3-5-19-6-4-11/h7,11H,3-6,8-9,14H2,1-2H3,(H,15,16,17). The molecule has 0 amide bonds. The topological polar surface area (TPSA) is 76.3 Å². The molecule has 106 valence electrons. The van der Waals surface area contributed by atoms with E-state index in [-0.39, 0.29) is 0 Å². The van der Waals surface area contributed by atoms with Gasteiger partial charge < -0.3 is 10.2 Å². The van der Waals surface area contributed by atoms with Gasteiger partial charge in [0.15, 0.2) is 0 Å². The van der Waals surface area contributed by atoms with Crippen LogP contribution in [0.15, 0.2) is 6.07 Å². The summed E-state index contributed by atoms with van der Waals surface area (Å²) >= 11 is 0. The highest BCUT2D eigenvalue weighted by Crippen LogP contribution is 2.16. The van der Waals surface area contributed by atoms with Crippen LogP contribution < -0.4 is 11.3 Å². The molecule has 1 aliphatic rings. The molecule has 2 rings (SSSR count). The van der Waals surface area contributed by atoms with E-state index in [1.165, 1.54) is 0 Å². The molecule has 1 aliphatic heterocycles. The predicted octanol–water partition coefficient (Wildman–Crippen LogP) is 0.929. The fourth-order valence-electron chi connectivity index (χ4n) is 2.45. The molecule has 1 aromatic rings. The highest BCUT2D eigenvalue weighted by atomic mass is 16.5. The highest BCUT2D eigenvalue weighted by molar-refractivity contribution is 5.33. The number of hydrogen-bond donors (Lipinski definition) is 2. The van der Waals surface area contributed by atoms with Crippen LogP contribution in [-0.2, 0) is 11.3 Å². The van der Waals surface area contributed by atoms with Crippen molar-refractivity contribution in [2.75, 3.05) is 32.2 Å². The van der Waals surface area contributed by atoms with E-state index in [4.69, 9.17) is 10.6 Å². The summed E-state index contributed by atoms with van der Waals surface area (Å²) in [4.78, 5) is 11.1. The van der Waals surface area contributed by atoms with E-state index in [9.17, 15) is 0 Å². The first kappa shape index (κ1) is 14.2. The zero-order valence-corrected chi connectivity index (χ0v) is 11.7. The molecule has 0 saturated carbocycles. The predicted molar refractivity (Wildman–Crippen MR) is 74.5 cm³/mol. The molecular formula is C13H23N5O. The summed E-state index contributed by atoms with van der Waals surface area (Å²) in [6.07, 6.45) is 2.29. The molecule has 6 heteroatoms. The molecular weight excluding hydrogens is 242 g/mol. The molecule has 1 fully saturated rings. The molecule has 3 N–H and O–H groups in total. The minimum absolute atomic E-state index is 0.668. The van der Waals surface area contributed by atoms with E-state index in [0.717, 1.165) is 56.6 Å². The van der Waals surface area contributed by atoms with Gasteiger partial charge in [-0.15, -0.1) is 0 Å². The second-order valence-electron chi connectivity index (χ2n) is 5.21. The lowest BCUT2D eigenvalue weighted by molar-refractivity contribution is 0.0547. The van der Waals surface area contributed by atoms with Crippen molar-refractivity contribution < 1.29 is 4.74 Å². The molecule has 6 nitrogen and oxygen atoms in total. The summed E-state index contributed by atoms with van der Waals surface area (Å²) in [7, 11) is 2.11. The van der Waals surface area contributed by atoms with Gasteiger partial charge in [0.05, 0.1) is 6.54 Å². The molecule has 19 heavy (non-hydrogen) atoms. The molecule has 0 bridgehead atoms. The zero-order chi connectivity index (χ0) is 13.7. The number of nitrogens with one attached hydrogen (secondary N) is 1. The molecule has 0 aliphatic carbocycles. The largest absolute Gasteiger partial charge is 0.381 e. The zero-order valence-electron chi connectivity index (χ0n) is 11.7. The van der Waals surface area contributed by atoms with Crippen LogP contribution in [0.4, 0.5) is 5.82 Å². The fourth-order valence-corrected chi connectivity index (χ4v) is 2.45. The first-order valence-electron chi connectivity index (χ1n) is 6.75. The average Bonchev–Trinajstić information content (AvgIpc) is 2.38. The quantitative estimate of drug-likeness (QED) is 0.609. The van der Waals surface area contributed by atoms with Crippen LogP contribution in [-0.4, -0.2) is 41.7 Å². The number of nitrogen functional groups attached to an aromatic ring is 1. The molecule has 1 saturated heterocycles.